The average Bonchev–Trinajstić information content (AvgIpc) is 2.68. The van der Waals surface area contributed by atoms with Crippen LogP contribution in [0.15, 0.2) is 41.5 Å². The highest BCUT2D eigenvalue weighted by atomic mass is 16.6. The normalized spacial score (nSPS) is 17.1. The Morgan fingerprint density at radius 3 is 2.92 bits per heavy atom. The maximum Gasteiger partial charge on any atom is 0.338 e. The lowest BCUT2D eigenvalue weighted by Crippen LogP contribution is -2.37. The molecule has 1 aromatic rings. The van der Waals surface area contributed by atoms with Gasteiger partial charge in [0, 0.05) is 12.1 Å². The van der Waals surface area contributed by atoms with E-state index in [2.05, 4.69) is 11.4 Å². The predicted octanol–water partition coefficient (Wildman–Crippen LogP) is 3.40. The van der Waals surface area contributed by atoms with E-state index in [0.29, 0.717) is 12.1 Å². The van der Waals surface area contributed by atoms with Gasteiger partial charge < -0.3 is 14.8 Å². The minimum atomic E-state index is -0.832. The lowest BCUT2D eigenvalue weighted by molar-refractivity contribution is -0.151. The Labute approximate surface area is 154 Å². The van der Waals surface area contributed by atoms with E-state index in [1.54, 1.807) is 13.0 Å². The molecule has 138 valence electrons. The third-order valence-electron chi connectivity index (χ3n) is 4.68. The maximum absolute atomic E-state index is 12.3. The number of benzene rings is 1. The van der Waals surface area contributed by atoms with Crippen molar-refractivity contribution < 1.29 is 19.1 Å². The van der Waals surface area contributed by atoms with E-state index in [9.17, 15) is 9.59 Å². The standard InChI is InChI=1S/C21H25NO4/c1-15(20(23)22-12-11-16-7-3-2-4-8-16)26-21(24)18-13-17-9-5-6-10-19(17)25-14-18/h5-7,9-10,13,15H,2-4,8,11-12,14H2,1H3,(H,22,23)/t15-/m0/s1. The molecule has 0 saturated carbocycles. The van der Waals surface area contributed by atoms with Gasteiger partial charge in [0.2, 0.25) is 0 Å². The zero-order valence-electron chi connectivity index (χ0n) is 15.1. The van der Waals surface area contributed by atoms with Crippen LogP contribution in [0.2, 0.25) is 0 Å². The predicted molar refractivity (Wildman–Crippen MR) is 99.6 cm³/mol. The second kappa shape index (κ2) is 8.70. The summed E-state index contributed by atoms with van der Waals surface area (Å²) in [5, 5.41) is 2.85. The molecule has 1 atom stereocenters. The quantitative estimate of drug-likeness (QED) is 0.627. The molecule has 5 heteroatoms. The van der Waals surface area contributed by atoms with Crippen molar-refractivity contribution in [3.63, 3.8) is 0 Å². The van der Waals surface area contributed by atoms with Crippen LogP contribution in [-0.2, 0) is 14.3 Å². The molecule has 0 radical (unpaired) electrons. The molecular weight excluding hydrogens is 330 g/mol. The maximum atomic E-state index is 12.3. The van der Waals surface area contributed by atoms with Gasteiger partial charge in [-0.05, 0) is 51.2 Å². The Kier molecular flexibility index (Phi) is 6.10. The second-order valence-corrected chi connectivity index (χ2v) is 6.69. The van der Waals surface area contributed by atoms with E-state index < -0.39 is 12.1 Å². The van der Waals surface area contributed by atoms with Crippen molar-refractivity contribution in [2.45, 2.75) is 45.1 Å². The molecule has 5 nitrogen and oxygen atoms in total. The average molecular weight is 355 g/mol. The summed E-state index contributed by atoms with van der Waals surface area (Å²) in [6.45, 7) is 2.31. The first kappa shape index (κ1) is 18.2. The fourth-order valence-electron chi connectivity index (χ4n) is 3.15. The molecule has 1 aromatic carbocycles. The van der Waals surface area contributed by atoms with Gasteiger partial charge in [0.15, 0.2) is 6.10 Å². The molecule has 3 rings (SSSR count). The SMILES string of the molecule is C[C@H](OC(=O)C1=Cc2ccccc2OC1)C(=O)NCCC1=CCCCC1. The van der Waals surface area contributed by atoms with Gasteiger partial charge in [-0.15, -0.1) is 0 Å². The van der Waals surface area contributed by atoms with E-state index in [0.717, 1.165) is 30.6 Å². The van der Waals surface area contributed by atoms with Crippen molar-refractivity contribution in [3.05, 3.63) is 47.1 Å². The zero-order valence-corrected chi connectivity index (χ0v) is 15.1. The molecule has 1 N–H and O–H groups in total. The summed E-state index contributed by atoms with van der Waals surface area (Å²) in [4.78, 5) is 24.4. The van der Waals surface area contributed by atoms with Crippen LogP contribution >= 0.6 is 0 Å². The molecule has 26 heavy (non-hydrogen) atoms. The third kappa shape index (κ3) is 4.75. The summed E-state index contributed by atoms with van der Waals surface area (Å²) in [6, 6.07) is 7.49. The fraction of sp³-hybridized carbons (Fsp3) is 0.429. The largest absolute Gasteiger partial charge is 0.488 e. The van der Waals surface area contributed by atoms with Gasteiger partial charge in [-0.2, -0.15) is 0 Å². The molecule has 1 heterocycles. The summed E-state index contributed by atoms with van der Waals surface area (Å²) < 4.78 is 10.9. The van der Waals surface area contributed by atoms with Crippen molar-refractivity contribution in [2.75, 3.05) is 13.2 Å². The summed E-state index contributed by atoms with van der Waals surface area (Å²) in [7, 11) is 0. The van der Waals surface area contributed by atoms with Crippen molar-refractivity contribution >= 4 is 18.0 Å². The monoisotopic (exact) mass is 355 g/mol. The summed E-state index contributed by atoms with van der Waals surface area (Å²) in [5.74, 6) is -0.0449. The summed E-state index contributed by atoms with van der Waals surface area (Å²) in [5.41, 5.74) is 2.66. The number of nitrogens with one attached hydrogen (secondary N) is 1. The first-order valence-corrected chi connectivity index (χ1v) is 9.22. The van der Waals surface area contributed by atoms with E-state index in [1.165, 1.54) is 18.4 Å². The Balaban J connectivity index is 1.47. The molecule has 1 aliphatic heterocycles. The van der Waals surface area contributed by atoms with Gasteiger partial charge in [0.25, 0.3) is 5.91 Å². The highest BCUT2D eigenvalue weighted by Crippen LogP contribution is 2.26. The van der Waals surface area contributed by atoms with Gasteiger partial charge >= 0.3 is 5.97 Å². The van der Waals surface area contributed by atoms with E-state index in [-0.39, 0.29) is 12.5 Å². The number of carbonyl (C=O) groups excluding carboxylic acids is 2. The van der Waals surface area contributed by atoms with Crippen LogP contribution in [0.3, 0.4) is 0 Å². The van der Waals surface area contributed by atoms with Crippen LogP contribution in [0.5, 0.6) is 5.75 Å². The molecule has 1 amide bonds. The number of rotatable bonds is 6. The van der Waals surface area contributed by atoms with Gasteiger partial charge in [0.05, 0.1) is 5.57 Å². The molecule has 1 aliphatic carbocycles. The smallest absolute Gasteiger partial charge is 0.338 e. The fourth-order valence-corrected chi connectivity index (χ4v) is 3.15. The zero-order chi connectivity index (χ0) is 18.4. The van der Waals surface area contributed by atoms with Crippen LogP contribution in [0.4, 0.5) is 0 Å². The highest BCUT2D eigenvalue weighted by molar-refractivity contribution is 5.96. The van der Waals surface area contributed by atoms with Crippen LogP contribution < -0.4 is 10.1 Å². The Morgan fingerprint density at radius 1 is 1.27 bits per heavy atom. The molecule has 0 aromatic heterocycles. The summed E-state index contributed by atoms with van der Waals surface area (Å²) >= 11 is 0. The number of hydrogen-bond acceptors (Lipinski definition) is 4. The van der Waals surface area contributed by atoms with Crippen molar-refractivity contribution in [3.8, 4) is 5.75 Å². The molecule has 0 unspecified atom stereocenters. The van der Waals surface area contributed by atoms with Crippen molar-refractivity contribution in [1.82, 2.24) is 5.32 Å². The lowest BCUT2D eigenvalue weighted by atomic mass is 9.97. The number of carbonyl (C=O) groups is 2. The number of para-hydroxylation sites is 1. The Hall–Kier alpha value is -2.56. The number of hydrogen-bond donors (Lipinski definition) is 1. The highest BCUT2D eigenvalue weighted by Gasteiger charge is 2.23. The van der Waals surface area contributed by atoms with Crippen molar-refractivity contribution in [1.29, 1.82) is 0 Å². The number of esters is 1. The second-order valence-electron chi connectivity index (χ2n) is 6.69. The molecular formula is C21H25NO4. The van der Waals surface area contributed by atoms with Gasteiger partial charge in [-0.25, -0.2) is 4.79 Å². The van der Waals surface area contributed by atoms with Gasteiger partial charge in [0.1, 0.15) is 12.4 Å². The number of ether oxygens (including phenoxy) is 2. The number of amides is 1. The number of fused-ring (bicyclic) bond motifs is 1. The third-order valence-corrected chi connectivity index (χ3v) is 4.68. The first-order chi connectivity index (χ1) is 12.6. The van der Waals surface area contributed by atoms with Crippen LogP contribution in [0.1, 0.15) is 44.6 Å². The summed E-state index contributed by atoms with van der Waals surface area (Å²) in [6.07, 6.45) is 8.80. The number of allylic oxidation sites excluding steroid dienone is 1. The molecule has 0 spiro atoms. The Morgan fingerprint density at radius 2 is 2.12 bits per heavy atom. The molecule has 0 bridgehead atoms. The van der Waals surface area contributed by atoms with E-state index in [4.69, 9.17) is 9.47 Å². The Bertz CT molecular complexity index is 735. The van der Waals surface area contributed by atoms with Crippen LogP contribution in [-0.4, -0.2) is 31.1 Å². The van der Waals surface area contributed by atoms with Gasteiger partial charge in [-0.3, -0.25) is 4.79 Å². The minimum Gasteiger partial charge on any atom is -0.488 e. The first-order valence-electron chi connectivity index (χ1n) is 9.22. The lowest BCUT2D eigenvalue weighted by Gasteiger charge is -2.19. The molecule has 0 saturated heterocycles. The van der Waals surface area contributed by atoms with Crippen molar-refractivity contribution in [2.24, 2.45) is 0 Å². The van der Waals surface area contributed by atoms with Crippen LogP contribution in [0.25, 0.3) is 6.08 Å². The van der Waals surface area contributed by atoms with Crippen LogP contribution in [0, 0.1) is 0 Å². The topological polar surface area (TPSA) is 64.6 Å². The molecule has 0 fully saturated rings. The van der Waals surface area contributed by atoms with Gasteiger partial charge in [-0.1, -0.05) is 29.8 Å². The molecule has 2 aliphatic rings. The van der Waals surface area contributed by atoms with E-state index >= 15 is 0 Å². The minimum absolute atomic E-state index is 0.151. The van der Waals surface area contributed by atoms with E-state index in [1.807, 2.05) is 24.3 Å².